The Morgan fingerprint density at radius 3 is 1.02 bits per heavy atom. The van der Waals surface area contributed by atoms with Crippen LogP contribution in [0.15, 0.2) is 0 Å². The van der Waals surface area contributed by atoms with Crippen LogP contribution in [0.1, 0.15) is 174 Å². The van der Waals surface area contributed by atoms with Crippen LogP contribution in [0.3, 0.4) is 0 Å². The predicted molar refractivity (Wildman–Crippen MR) is 171 cm³/mol. The smallest absolute Gasteiger partial charge is 0.306 e. The summed E-state index contributed by atoms with van der Waals surface area (Å²) < 4.78 is 0. The maximum Gasteiger partial charge on any atom is 0.306 e. The van der Waals surface area contributed by atoms with Crippen molar-refractivity contribution >= 4 is 35.3 Å². The third kappa shape index (κ3) is 27.0. The number of unbranched alkanes of at least 4 members (excludes halogenated alkanes) is 17. The van der Waals surface area contributed by atoms with Gasteiger partial charge in [-0.1, -0.05) is 103 Å². The lowest BCUT2D eigenvalue weighted by atomic mass is 9.90. The third-order valence-corrected chi connectivity index (χ3v) is 8.36. The minimum absolute atomic E-state index is 0.0117. The number of carbonyl (C=O) groups excluding carboxylic acids is 3. The van der Waals surface area contributed by atoms with Gasteiger partial charge in [-0.2, -0.15) is 0 Å². The standard InChI is InChI=1S/C35H60O9/c1-28(36)22-23-29(34(41)42)27-32(38)25-24-30(35(43)44)26-31(37)20-18-16-14-12-10-8-6-4-2-3-5-7-9-11-13-15-17-19-21-33(39)40/h29-30H,2-27H2,1H3,(H,39,40)(H,41,42)(H,43,44)/t29-,30-/m1/s1. The Morgan fingerprint density at radius 1 is 0.409 bits per heavy atom. The summed E-state index contributed by atoms with van der Waals surface area (Å²) in [6.07, 6.45) is 21.2. The predicted octanol–water partition coefficient (Wildman–Crippen LogP) is 8.34. The van der Waals surface area contributed by atoms with Crippen LogP contribution in [-0.2, 0) is 28.8 Å². The quantitative estimate of drug-likeness (QED) is 0.0609. The summed E-state index contributed by atoms with van der Waals surface area (Å²) >= 11 is 0. The van der Waals surface area contributed by atoms with Crippen molar-refractivity contribution in [3.8, 4) is 0 Å². The van der Waals surface area contributed by atoms with Gasteiger partial charge in [-0.3, -0.25) is 24.0 Å². The Hall–Kier alpha value is -2.58. The van der Waals surface area contributed by atoms with E-state index in [1.165, 1.54) is 77.6 Å². The molecule has 0 spiro atoms. The van der Waals surface area contributed by atoms with Crippen molar-refractivity contribution in [1.82, 2.24) is 0 Å². The average Bonchev–Trinajstić information content (AvgIpc) is 2.95. The molecule has 0 bridgehead atoms. The number of Topliss-reactive ketones (excluding diaryl/α,β-unsaturated/α-hetero) is 3. The van der Waals surface area contributed by atoms with Crippen molar-refractivity contribution in [2.24, 2.45) is 11.8 Å². The number of carbonyl (C=O) groups is 6. The third-order valence-electron chi connectivity index (χ3n) is 8.36. The molecule has 0 amide bonds. The van der Waals surface area contributed by atoms with Crippen molar-refractivity contribution in [1.29, 1.82) is 0 Å². The lowest BCUT2D eigenvalue weighted by molar-refractivity contribution is -0.145. The molecule has 0 saturated carbocycles. The molecular weight excluding hydrogens is 564 g/mol. The lowest BCUT2D eigenvalue weighted by Gasteiger charge is -2.13. The molecule has 0 aromatic rings. The molecule has 9 heteroatoms. The molecule has 0 aliphatic heterocycles. The Balaban J connectivity index is 3.74. The minimum atomic E-state index is -1.14. The van der Waals surface area contributed by atoms with E-state index in [0.29, 0.717) is 12.8 Å². The highest BCUT2D eigenvalue weighted by molar-refractivity contribution is 5.86. The number of hydrogen-bond acceptors (Lipinski definition) is 6. The highest BCUT2D eigenvalue weighted by Gasteiger charge is 2.25. The van der Waals surface area contributed by atoms with E-state index >= 15 is 0 Å². The molecule has 0 heterocycles. The summed E-state index contributed by atoms with van der Waals surface area (Å²) in [5.41, 5.74) is 0. The summed E-state index contributed by atoms with van der Waals surface area (Å²) in [7, 11) is 0. The molecular formula is C35H60O9. The van der Waals surface area contributed by atoms with Gasteiger partial charge in [-0.25, -0.2) is 0 Å². The number of aliphatic carboxylic acids is 3. The number of rotatable bonds is 33. The summed E-state index contributed by atoms with van der Waals surface area (Å²) in [6, 6.07) is 0. The van der Waals surface area contributed by atoms with Gasteiger partial charge in [-0.15, -0.1) is 0 Å². The largest absolute Gasteiger partial charge is 0.481 e. The van der Waals surface area contributed by atoms with Crippen molar-refractivity contribution in [2.75, 3.05) is 0 Å². The molecule has 44 heavy (non-hydrogen) atoms. The first-order valence-corrected chi connectivity index (χ1v) is 17.2. The van der Waals surface area contributed by atoms with E-state index in [-0.39, 0.29) is 55.9 Å². The molecule has 0 fully saturated rings. The molecule has 0 rings (SSSR count). The summed E-state index contributed by atoms with van der Waals surface area (Å²) in [4.78, 5) is 69.1. The van der Waals surface area contributed by atoms with Gasteiger partial charge < -0.3 is 20.1 Å². The summed E-state index contributed by atoms with van der Waals surface area (Å²) in [5, 5.41) is 27.4. The van der Waals surface area contributed by atoms with Crippen LogP contribution < -0.4 is 0 Å². The molecule has 0 saturated heterocycles. The van der Waals surface area contributed by atoms with Gasteiger partial charge in [0.25, 0.3) is 0 Å². The average molecular weight is 625 g/mol. The van der Waals surface area contributed by atoms with Gasteiger partial charge >= 0.3 is 17.9 Å². The Labute approximate surface area is 264 Å². The number of carboxylic acid groups (broad SMARTS) is 3. The van der Waals surface area contributed by atoms with Crippen LogP contribution in [0.5, 0.6) is 0 Å². The zero-order valence-electron chi connectivity index (χ0n) is 27.3. The fourth-order valence-electron chi connectivity index (χ4n) is 5.52. The van der Waals surface area contributed by atoms with Gasteiger partial charge in [0.05, 0.1) is 11.8 Å². The van der Waals surface area contributed by atoms with Crippen LogP contribution in [0.2, 0.25) is 0 Å². The fourth-order valence-corrected chi connectivity index (χ4v) is 5.52. The zero-order chi connectivity index (χ0) is 33.0. The Bertz CT molecular complexity index is 836. The van der Waals surface area contributed by atoms with Gasteiger partial charge in [0.2, 0.25) is 0 Å². The topological polar surface area (TPSA) is 163 Å². The van der Waals surface area contributed by atoms with E-state index in [2.05, 4.69) is 0 Å². The van der Waals surface area contributed by atoms with Gasteiger partial charge in [0, 0.05) is 38.5 Å². The second-order valence-electron chi connectivity index (χ2n) is 12.6. The molecule has 2 atom stereocenters. The zero-order valence-corrected chi connectivity index (χ0v) is 27.3. The van der Waals surface area contributed by atoms with Crippen molar-refractivity contribution < 1.29 is 44.1 Å². The highest BCUT2D eigenvalue weighted by atomic mass is 16.4. The molecule has 0 unspecified atom stereocenters. The molecule has 0 aliphatic carbocycles. The molecule has 0 radical (unpaired) electrons. The van der Waals surface area contributed by atoms with Crippen LogP contribution in [-0.4, -0.2) is 50.6 Å². The van der Waals surface area contributed by atoms with E-state index in [0.717, 1.165) is 44.9 Å². The van der Waals surface area contributed by atoms with E-state index in [9.17, 15) is 39.0 Å². The molecule has 0 aromatic heterocycles. The SMILES string of the molecule is CC(=O)CC[C@H](CC(=O)CC[C@H](CC(=O)CCCCCCCCCCCCCCCCCCCCC(=O)O)C(=O)O)C(=O)O. The van der Waals surface area contributed by atoms with Crippen LogP contribution in [0.25, 0.3) is 0 Å². The van der Waals surface area contributed by atoms with Gasteiger partial charge in [0.15, 0.2) is 0 Å². The van der Waals surface area contributed by atoms with Gasteiger partial charge in [0.1, 0.15) is 17.3 Å². The molecule has 0 aliphatic rings. The first-order chi connectivity index (χ1) is 21.0. The lowest BCUT2D eigenvalue weighted by Crippen LogP contribution is -2.22. The molecule has 3 N–H and O–H groups in total. The van der Waals surface area contributed by atoms with E-state index in [1.807, 2.05) is 0 Å². The van der Waals surface area contributed by atoms with Crippen molar-refractivity contribution in [3.05, 3.63) is 0 Å². The van der Waals surface area contributed by atoms with E-state index < -0.39 is 29.7 Å². The Kier molecular flexibility index (Phi) is 26.3. The van der Waals surface area contributed by atoms with E-state index in [4.69, 9.17) is 5.11 Å². The first kappa shape index (κ1) is 41.4. The minimum Gasteiger partial charge on any atom is -0.481 e. The van der Waals surface area contributed by atoms with E-state index in [1.54, 1.807) is 0 Å². The molecule has 254 valence electrons. The summed E-state index contributed by atoms with van der Waals surface area (Å²) in [6.45, 7) is 1.36. The van der Waals surface area contributed by atoms with Crippen molar-refractivity contribution in [2.45, 2.75) is 174 Å². The van der Waals surface area contributed by atoms with Crippen LogP contribution in [0.4, 0.5) is 0 Å². The monoisotopic (exact) mass is 624 g/mol. The number of ketones is 3. The maximum atomic E-state index is 12.3. The van der Waals surface area contributed by atoms with Crippen molar-refractivity contribution in [3.63, 3.8) is 0 Å². The number of carboxylic acids is 3. The van der Waals surface area contributed by atoms with Gasteiger partial charge in [-0.05, 0) is 32.6 Å². The molecule has 9 nitrogen and oxygen atoms in total. The molecule has 0 aromatic carbocycles. The van der Waals surface area contributed by atoms with Crippen LogP contribution in [0, 0.1) is 11.8 Å². The Morgan fingerprint density at radius 2 is 0.705 bits per heavy atom. The highest BCUT2D eigenvalue weighted by Crippen LogP contribution is 2.20. The maximum absolute atomic E-state index is 12.3. The normalized spacial score (nSPS) is 12.5. The first-order valence-electron chi connectivity index (χ1n) is 17.2. The second kappa shape index (κ2) is 27.9. The fraction of sp³-hybridized carbons (Fsp3) is 0.829. The summed E-state index contributed by atoms with van der Waals surface area (Å²) in [5.74, 6) is -5.46. The second-order valence-corrected chi connectivity index (χ2v) is 12.6. The number of hydrogen-bond donors (Lipinski definition) is 3. The van der Waals surface area contributed by atoms with Crippen LogP contribution >= 0.6 is 0 Å².